The smallest absolute Gasteiger partial charge is 0.256 e. The summed E-state index contributed by atoms with van der Waals surface area (Å²) in [5.41, 5.74) is 4.99. The Balaban J connectivity index is 1.53. The monoisotopic (exact) mass is 437 g/mol. The summed E-state index contributed by atoms with van der Waals surface area (Å²) in [6, 6.07) is 15.0. The van der Waals surface area contributed by atoms with Gasteiger partial charge in [0, 0.05) is 22.7 Å². The lowest BCUT2D eigenvalue weighted by atomic mass is 10.1. The van der Waals surface area contributed by atoms with E-state index in [1.165, 1.54) is 11.8 Å². The summed E-state index contributed by atoms with van der Waals surface area (Å²) in [7, 11) is 0. The lowest BCUT2D eigenvalue weighted by Gasteiger charge is -2.11. The highest BCUT2D eigenvalue weighted by atomic mass is 35.5. The topological polar surface area (TPSA) is 72.2 Å². The first-order valence-corrected chi connectivity index (χ1v) is 10.8. The van der Waals surface area contributed by atoms with Crippen molar-refractivity contribution in [2.24, 2.45) is 0 Å². The number of hydrogen-bond donors (Lipinski definition) is 1. The molecule has 4 rings (SSSR count). The Labute approximate surface area is 183 Å². The fourth-order valence-electron chi connectivity index (χ4n) is 3.13. The zero-order chi connectivity index (χ0) is 21.3. The summed E-state index contributed by atoms with van der Waals surface area (Å²) in [4.78, 5) is 21.8. The number of rotatable bonds is 5. The Bertz CT molecular complexity index is 1250. The molecule has 0 aliphatic carbocycles. The van der Waals surface area contributed by atoms with Gasteiger partial charge in [0.15, 0.2) is 0 Å². The maximum absolute atomic E-state index is 12.9. The standard InChI is InChI=1S/C22H20ClN5OS/c1-13-8-9-19(18(23)10-13)25-20(29)17-7-5-4-6-16(17)12-30-22-26-21-24-14(2)11-15(3)28(21)27-22/h4-11H,12H2,1-3H3,(H,25,29). The van der Waals surface area contributed by atoms with Gasteiger partial charge in [-0.25, -0.2) is 9.50 Å². The molecule has 1 N–H and O–H groups in total. The minimum atomic E-state index is -0.201. The minimum absolute atomic E-state index is 0.201. The maximum atomic E-state index is 12.9. The average Bonchev–Trinajstić information content (AvgIpc) is 3.12. The molecule has 0 saturated carbocycles. The van der Waals surface area contributed by atoms with Gasteiger partial charge in [0.25, 0.3) is 11.7 Å². The normalized spacial score (nSPS) is 11.1. The summed E-state index contributed by atoms with van der Waals surface area (Å²) < 4.78 is 1.73. The van der Waals surface area contributed by atoms with Gasteiger partial charge < -0.3 is 5.32 Å². The molecule has 0 bridgehead atoms. The molecule has 6 nitrogen and oxygen atoms in total. The predicted molar refractivity (Wildman–Crippen MR) is 120 cm³/mol. The zero-order valence-electron chi connectivity index (χ0n) is 16.8. The van der Waals surface area contributed by atoms with Gasteiger partial charge in [-0.05, 0) is 56.2 Å². The SMILES string of the molecule is Cc1ccc(NC(=O)c2ccccc2CSc2nc3nc(C)cc(C)n3n2)c(Cl)c1. The van der Waals surface area contributed by atoms with Gasteiger partial charge in [0.2, 0.25) is 5.16 Å². The van der Waals surface area contributed by atoms with Crippen LogP contribution in [0.15, 0.2) is 53.7 Å². The molecule has 0 fully saturated rings. The van der Waals surface area contributed by atoms with Crippen molar-refractivity contribution in [3.8, 4) is 0 Å². The number of carbonyl (C=O) groups excluding carboxylic acids is 1. The number of hydrogen-bond acceptors (Lipinski definition) is 5. The predicted octanol–water partition coefficient (Wildman–Crippen LogP) is 5.25. The van der Waals surface area contributed by atoms with Gasteiger partial charge in [0.1, 0.15) is 0 Å². The van der Waals surface area contributed by atoms with Crippen molar-refractivity contribution < 1.29 is 4.79 Å². The Morgan fingerprint density at radius 2 is 1.90 bits per heavy atom. The summed E-state index contributed by atoms with van der Waals surface area (Å²) in [5, 5.41) is 8.56. The van der Waals surface area contributed by atoms with Crippen molar-refractivity contribution in [2.45, 2.75) is 31.7 Å². The van der Waals surface area contributed by atoms with E-state index in [-0.39, 0.29) is 5.91 Å². The van der Waals surface area contributed by atoms with Crippen LogP contribution in [0.3, 0.4) is 0 Å². The molecule has 2 heterocycles. The second kappa shape index (κ2) is 8.45. The third kappa shape index (κ3) is 4.32. The van der Waals surface area contributed by atoms with Crippen LogP contribution < -0.4 is 5.32 Å². The number of aromatic nitrogens is 4. The Morgan fingerprint density at radius 1 is 1.10 bits per heavy atom. The van der Waals surface area contributed by atoms with Crippen LogP contribution in [0, 0.1) is 20.8 Å². The van der Waals surface area contributed by atoms with Crippen LogP contribution in [-0.2, 0) is 5.75 Å². The van der Waals surface area contributed by atoms with Gasteiger partial charge in [0.05, 0.1) is 10.7 Å². The molecule has 0 atom stereocenters. The molecule has 2 aromatic heterocycles. The Morgan fingerprint density at radius 3 is 2.70 bits per heavy atom. The van der Waals surface area contributed by atoms with Crippen molar-refractivity contribution in [3.05, 3.63) is 81.6 Å². The van der Waals surface area contributed by atoms with E-state index < -0.39 is 0 Å². The lowest BCUT2D eigenvalue weighted by molar-refractivity contribution is 0.102. The number of nitrogens with zero attached hydrogens (tertiary/aromatic N) is 4. The van der Waals surface area contributed by atoms with Gasteiger partial charge in [-0.2, -0.15) is 4.98 Å². The molecule has 0 unspecified atom stereocenters. The van der Waals surface area contributed by atoms with E-state index >= 15 is 0 Å². The zero-order valence-corrected chi connectivity index (χ0v) is 18.4. The number of anilines is 1. The third-order valence-corrected chi connectivity index (χ3v) is 5.79. The van der Waals surface area contributed by atoms with Crippen molar-refractivity contribution in [3.63, 3.8) is 0 Å². The highest BCUT2D eigenvalue weighted by molar-refractivity contribution is 7.98. The van der Waals surface area contributed by atoms with Gasteiger partial charge in [-0.3, -0.25) is 4.79 Å². The second-order valence-electron chi connectivity index (χ2n) is 7.03. The quantitative estimate of drug-likeness (QED) is 0.432. The molecule has 2 aromatic carbocycles. The van der Waals surface area contributed by atoms with Crippen LogP contribution in [0.25, 0.3) is 5.78 Å². The summed E-state index contributed by atoms with van der Waals surface area (Å²) in [5.74, 6) is 0.934. The highest BCUT2D eigenvalue weighted by Gasteiger charge is 2.15. The molecule has 0 radical (unpaired) electrons. The molecule has 30 heavy (non-hydrogen) atoms. The number of carbonyl (C=O) groups is 1. The number of nitrogens with one attached hydrogen (secondary N) is 1. The summed E-state index contributed by atoms with van der Waals surface area (Å²) in [6.45, 7) is 5.86. The first-order chi connectivity index (χ1) is 14.4. The number of benzene rings is 2. The molecule has 0 aliphatic rings. The largest absolute Gasteiger partial charge is 0.321 e. The molecular formula is C22H20ClN5OS. The van der Waals surface area contributed by atoms with Crippen molar-refractivity contribution in [1.29, 1.82) is 0 Å². The van der Waals surface area contributed by atoms with E-state index in [1.54, 1.807) is 10.6 Å². The van der Waals surface area contributed by atoms with Crippen LogP contribution >= 0.6 is 23.4 Å². The molecule has 8 heteroatoms. The van der Waals surface area contributed by atoms with E-state index in [9.17, 15) is 4.79 Å². The summed E-state index contributed by atoms with van der Waals surface area (Å²) >= 11 is 7.73. The molecular weight excluding hydrogens is 418 g/mol. The van der Waals surface area contributed by atoms with E-state index in [0.29, 0.717) is 33.0 Å². The molecule has 0 spiro atoms. The Hall–Kier alpha value is -2.90. The fourth-order valence-corrected chi connectivity index (χ4v) is 4.23. The first kappa shape index (κ1) is 20.4. The second-order valence-corrected chi connectivity index (χ2v) is 8.38. The number of amides is 1. The summed E-state index contributed by atoms with van der Waals surface area (Å²) in [6.07, 6.45) is 0. The lowest BCUT2D eigenvalue weighted by Crippen LogP contribution is -2.14. The third-order valence-electron chi connectivity index (χ3n) is 4.59. The van der Waals surface area contributed by atoms with Gasteiger partial charge >= 0.3 is 0 Å². The van der Waals surface area contributed by atoms with Crippen molar-refractivity contribution >= 4 is 40.7 Å². The van der Waals surface area contributed by atoms with Gasteiger partial charge in [-0.15, -0.1) is 5.10 Å². The van der Waals surface area contributed by atoms with Crippen LogP contribution in [-0.4, -0.2) is 25.5 Å². The molecule has 0 saturated heterocycles. The number of halogens is 1. The number of aryl methyl sites for hydroxylation is 3. The highest BCUT2D eigenvalue weighted by Crippen LogP contribution is 2.26. The van der Waals surface area contributed by atoms with Gasteiger partial charge in [-0.1, -0.05) is 47.6 Å². The van der Waals surface area contributed by atoms with Crippen LogP contribution in [0.2, 0.25) is 5.02 Å². The molecule has 152 valence electrons. The molecule has 0 aliphatic heterocycles. The van der Waals surface area contributed by atoms with E-state index in [0.717, 1.165) is 22.5 Å². The van der Waals surface area contributed by atoms with Crippen LogP contribution in [0.1, 0.15) is 32.9 Å². The number of fused-ring (bicyclic) bond motifs is 1. The number of thioether (sulfide) groups is 1. The average molecular weight is 438 g/mol. The van der Waals surface area contributed by atoms with Crippen LogP contribution in [0.5, 0.6) is 0 Å². The van der Waals surface area contributed by atoms with Crippen LogP contribution in [0.4, 0.5) is 5.69 Å². The van der Waals surface area contributed by atoms with E-state index in [2.05, 4.69) is 20.4 Å². The van der Waals surface area contributed by atoms with Crippen molar-refractivity contribution in [2.75, 3.05) is 5.32 Å². The Kier molecular flexibility index (Phi) is 5.74. The van der Waals surface area contributed by atoms with E-state index in [4.69, 9.17) is 11.6 Å². The minimum Gasteiger partial charge on any atom is -0.321 e. The van der Waals surface area contributed by atoms with Crippen molar-refractivity contribution in [1.82, 2.24) is 19.6 Å². The molecule has 4 aromatic rings. The first-order valence-electron chi connectivity index (χ1n) is 9.40. The molecule has 1 amide bonds. The maximum Gasteiger partial charge on any atom is 0.256 e. The fraction of sp³-hybridized carbons (Fsp3) is 0.182. The van der Waals surface area contributed by atoms with E-state index in [1.807, 2.05) is 63.2 Å².